The van der Waals surface area contributed by atoms with Crippen molar-refractivity contribution in [1.82, 2.24) is 5.32 Å². The largest absolute Gasteiger partial charge is 0.466 e. The van der Waals surface area contributed by atoms with Gasteiger partial charge >= 0.3 is 0 Å². The normalized spacial score (nSPS) is 21.6. The number of rotatable bonds is 6. The van der Waals surface area contributed by atoms with E-state index in [0.717, 1.165) is 24.1 Å². The maximum Gasteiger partial charge on any atom is 0.227 e. The Morgan fingerprint density at radius 3 is 2.71 bits per heavy atom. The van der Waals surface area contributed by atoms with Gasteiger partial charge in [-0.05, 0) is 68.0 Å². The maximum absolute atomic E-state index is 12.7. The molecule has 28 heavy (non-hydrogen) atoms. The van der Waals surface area contributed by atoms with E-state index >= 15 is 0 Å². The molecule has 2 aliphatic rings. The Kier molecular flexibility index (Phi) is 4.75. The molecule has 4 rings (SSSR count). The first kappa shape index (κ1) is 18.7. The minimum atomic E-state index is -1.18. The van der Waals surface area contributed by atoms with Crippen LogP contribution in [-0.4, -0.2) is 30.0 Å². The molecule has 2 aromatic rings. The molecule has 1 aromatic heterocycles. The van der Waals surface area contributed by atoms with Crippen LogP contribution >= 0.6 is 0 Å². The Morgan fingerprint density at radius 1 is 1.29 bits per heavy atom. The van der Waals surface area contributed by atoms with E-state index in [2.05, 4.69) is 5.32 Å². The van der Waals surface area contributed by atoms with Crippen LogP contribution in [0.4, 0.5) is 5.69 Å². The van der Waals surface area contributed by atoms with E-state index in [1.165, 1.54) is 11.8 Å². The van der Waals surface area contributed by atoms with Gasteiger partial charge in [-0.25, -0.2) is 0 Å². The lowest BCUT2D eigenvalue weighted by Gasteiger charge is -2.27. The number of anilines is 1. The van der Waals surface area contributed by atoms with Crippen molar-refractivity contribution >= 4 is 17.5 Å². The third-order valence-electron chi connectivity index (χ3n) is 6.03. The van der Waals surface area contributed by atoms with E-state index in [0.29, 0.717) is 12.3 Å². The van der Waals surface area contributed by atoms with E-state index in [-0.39, 0.29) is 30.7 Å². The summed E-state index contributed by atoms with van der Waals surface area (Å²) in [6, 6.07) is 9.37. The van der Waals surface area contributed by atoms with Gasteiger partial charge in [0.25, 0.3) is 0 Å². The van der Waals surface area contributed by atoms with E-state index in [9.17, 15) is 14.7 Å². The van der Waals surface area contributed by atoms with Crippen LogP contribution in [0.25, 0.3) is 0 Å². The molecular formula is C22H26N2O4. The van der Waals surface area contributed by atoms with Crippen LogP contribution in [0.3, 0.4) is 0 Å². The molecule has 2 fully saturated rings. The zero-order chi connectivity index (χ0) is 19.9. The van der Waals surface area contributed by atoms with E-state index < -0.39 is 11.5 Å². The van der Waals surface area contributed by atoms with Crippen molar-refractivity contribution in [2.75, 3.05) is 18.0 Å². The molecule has 1 saturated carbocycles. The maximum atomic E-state index is 12.7. The number of carbonyl (C=O) groups excluding carboxylic acids is 2. The molecule has 1 saturated heterocycles. The van der Waals surface area contributed by atoms with Gasteiger partial charge in [0.2, 0.25) is 11.8 Å². The number of carbonyl (C=O) groups is 2. The number of hydrogen-bond acceptors (Lipinski definition) is 4. The summed E-state index contributed by atoms with van der Waals surface area (Å²) in [5.74, 6) is -0.0999. The fourth-order valence-corrected chi connectivity index (χ4v) is 3.91. The number of nitrogens with one attached hydrogen (secondary N) is 1. The minimum Gasteiger partial charge on any atom is -0.466 e. The molecule has 2 N–H and O–H groups in total. The average molecular weight is 382 g/mol. The minimum absolute atomic E-state index is 0.0492. The molecule has 0 radical (unpaired) electrons. The summed E-state index contributed by atoms with van der Waals surface area (Å²) in [6.07, 6.45) is 3.54. The predicted octanol–water partition coefficient (Wildman–Crippen LogP) is 2.66. The molecule has 0 spiro atoms. The van der Waals surface area contributed by atoms with Crippen molar-refractivity contribution in [2.24, 2.45) is 11.8 Å². The van der Waals surface area contributed by atoms with Gasteiger partial charge in [0.05, 0.1) is 18.7 Å². The Hall–Kier alpha value is -2.60. The van der Waals surface area contributed by atoms with Crippen molar-refractivity contribution in [1.29, 1.82) is 0 Å². The molecule has 2 amide bonds. The molecule has 148 valence electrons. The van der Waals surface area contributed by atoms with Gasteiger partial charge in [-0.2, -0.15) is 0 Å². The molecule has 2 atom stereocenters. The second-order valence-corrected chi connectivity index (χ2v) is 8.07. The monoisotopic (exact) mass is 382 g/mol. The first-order chi connectivity index (χ1) is 13.4. The lowest BCUT2D eigenvalue weighted by atomic mass is 9.94. The molecular weight excluding hydrogens is 356 g/mol. The number of amides is 2. The molecule has 6 heteroatoms. The Bertz CT molecular complexity index is 888. The summed E-state index contributed by atoms with van der Waals surface area (Å²) in [5.41, 5.74) is 1.93. The Morgan fingerprint density at radius 2 is 2.07 bits per heavy atom. The fourth-order valence-electron chi connectivity index (χ4n) is 3.91. The Balaban J connectivity index is 1.41. The van der Waals surface area contributed by atoms with Crippen molar-refractivity contribution in [3.8, 4) is 0 Å². The molecule has 0 bridgehead atoms. The standard InChI is InChI=1S/C22H26N2O4/c1-14-5-8-18(10-15(14)2)24-12-16(11-20(24)25)21(26)23-13-22(27,17-6-7-17)19-4-3-9-28-19/h3-5,8-10,16-17,27H,6-7,11-13H2,1-2H3,(H,23,26)/t16-,22-/m1/s1. The highest BCUT2D eigenvalue weighted by atomic mass is 16.4. The Labute approximate surface area is 164 Å². The summed E-state index contributed by atoms with van der Waals surface area (Å²) in [6.45, 7) is 4.49. The van der Waals surface area contributed by atoms with Gasteiger partial charge in [-0.15, -0.1) is 0 Å². The van der Waals surface area contributed by atoms with Crippen molar-refractivity contribution in [3.05, 3.63) is 53.5 Å². The summed E-state index contributed by atoms with van der Waals surface area (Å²) >= 11 is 0. The van der Waals surface area contributed by atoms with Crippen LogP contribution in [0.5, 0.6) is 0 Å². The molecule has 1 aliphatic carbocycles. The van der Waals surface area contributed by atoms with E-state index in [1.54, 1.807) is 17.0 Å². The number of aryl methyl sites for hydroxylation is 2. The van der Waals surface area contributed by atoms with Crippen molar-refractivity contribution in [2.45, 2.75) is 38.7 Å². The fraction of sp³-hybridized carbons (Fsp3) is 0.455. The smallest absolute Gasteiger partial charge is 0.227 e. The SMILES string of the molecule is Cc1ccc(N2C[C@H](C(=O)NC[C@](O)(c3ccco3)C3CC3)CC2=O)cc1C. The lowest BCUT2D eigenvalue weighted by molar-refractivity contribution is -0.127. The summed E-state index contributed by atoms with van der Waals surface area (Å²) < 4.78 is 5.41. The summed E-state index contributed by atoms with van der Waals surface area (Å²) in [7, 11) is 0. The summed E-state index contributed by atoms with van der Waals surface area (Å²) in [5, 5.41) is 13.9. The number of aliphatic hydroxyl groups is 1. The van der Waals surface area contributed by atoms with E-state index in [1.807, 2.05) is 32.0 Å². The van der Waals surface area contributed by atoms with Crippen LogP contribution in [-0.2, 0) is 15.2 Å². The first-order valence-corrected chi connectivity index (χ1v) is 9.80. The van der Waals surface area contributed by atoms with Crippen LogP contribution in [0.1, 0.15) is 36.1 Å². The highest BCUT2D eigenvalue weighted by Gasteiger charge is 2.48. The third-order valence-corrected chi connectivity index (χ3v) is 6.03. The zero-order valence-corrected chi connectivity index (χ0v) is 16.3. The number of benzene rings is 1. The van der Waals surface area contributed by atoms with Crippen LogP contribution in [0.2, 0.25) is 0 Å². The van der Waals surface area contributed by atoms with E-state index in [4.69, 9.17) is 4.42 Å². The second-order valence-electron chi connectivity index (χ2n) is 8.07. The average Bonchev–Trinajstić information content (AvgIpc) is 3.24. The topological polar surface area (TPSA) is 82.8 Å². The predicted molar refractivity (Wildman–Crippen MR) is 105 cm³/mol. The molecule has 0 unspecified atom stereocenters. The van der Waals surface area contributed by atoms with Gasteiger partial charge in [0, 0.05) is 18.7 Å². The van der Waals surface area contributed by atoms with Crippen LogP contribution < -0.4 is 10.2 Å². The highest BCUT2D eigenvalue weighted by Crippen LogP contribution is 2.45. The zero-order valence-electron chi connectivity index (χ0n) is 16.3. The second kappa shape index (κ2) is 7.09. The van der Waals surface area contributed by atoms with Crippen LogP contribution in [0, 0.1) is 25.7 Å². The first-order valence-electron chi connectivity index (χ1n) is 9.80. The van der Waals surface area contributed by atoms with Gasteiger partial charge in [0.1, 0.15) is 11.4 Å². The number of nitrogens with zero attached hydrogens (tertiary/aromatic N) is 1. The van der Waals surface area contributed by atoms with Gasteiger partial charge in [-0.1, -0.05) is 6.07 Å². The van der Waals surface area contributed by atoms with Gasteiger partial charge in [0.15, 0.2) is 0 Å². The quantitative estimate of drug-likeness (QED) is 0.805. The van der Waals surface area contributed by atoms with Gasteiger partial charge < -0.3 is 19.7 Å². The molecule has 1 aromatic carbocycles. The third kappa shape index (κ3) is 3.44. The summed E-state index contributed by atoms with van der Waals surface area (Å²) in [4.78, 5) is 26.9. The highest BCUT2D eigenvalue weighted by molar-refractivity contribution is 6.00. The number of furan rings is 1. The van der Waals surface area contributed by atoms with Gasteiger partial charge in [-0.3, -0.25) is 9.59 Å². The molecule has 1 aliphatic heterocycles. The molecule has 6 nitrogen and oxygen atoms in total. The van der Waals surface area contributed by atoms with Crippen LogP contribution in [0.15, 0.2) is 41.0 Å². The molecule has 2 heterocycles. The van der Waals surface area contributed by atoms with Crippen molar-refractivity contribution in [3.63, 3.8) is 0 Å². The van der Waals surface area contributed by atoms with Crippen molar-refractivity contribution < 1.29 is 19.1 Å². The lowest BCUT2D eigenvalue weighted by Crippen LogP contribution is -2.44. The number of hydrogen-bond donors (Lipinski definition) is 2.